The van der Waals surface area contributed by atoms with Crippen LogP contribution in [0.4, 0.5) is 13.2 Å². The van der Waals surface area contributed by atoms with Crippen LogP contribution in [0.5, 0.6) is 0 Å². The van der Waals surface area contributed by atoms with Gasteiger partial charge in [-0.05, 0) is 54.9 Å². The first kappa shape index (κ1) is 29.6. The summed E-state index contributed by atoms with van der Waals surface area (Å²) in [5, 5.41) is 15.3. The molecule has 0 saturated carbocycles. The van der Waals surface area contributed by atoms with Crippen molar-refractivity contribution in [1.82, 2.24) is 25.1 Å². The normalized spacial score (nSPS) is 11.9. The Morgan fingerprint density at radius 1 is 1.18 bits per heavy atom. The molecule has 0 aliphatic rings. The second kappa shape index (κ2) is 13.8. The van der Waals surface area contributed by atoms with Crippen LogP contribution in [0.1, 0.15) is 48.2 Å². The minimum Gasteiger partial charge on any atom is -0.363 e. The van der Waals surface area contributed by atoms with Crippen LogP contribution >= 0.6 is 12.2 Å². The van der Waals surface area contributed by atoms with E-state index in [4.69, 9.17) is 17.5 Å². The number of alkyl halides is 3. The minimum absolute atomic E-state index is 0.0503. The molecule has 2 aromatic carbocycles. The maximum absolute atomic E-state index is 13.6. The number of nitrogens with zero attached hydrogens (tertiary/aromatic N) is 4. The van der Waals surface area contributed by atoms with Crippen LogP contribution in [0.15, 0.2) is 61.1 Å². The van der Waals surface area contributed by atoms with Gasteiger partial charge >= 0.3 is 6.18 Å². The van der Waals surface area contributed by atoms with Crippen LogP contribution in [0, 0.1) is 11.3 Å². The van der Waals surface area contributed by atoms with Crippen molar-refractivity contribution in [3.63, 3.8) is 0 Å². The van der Waals surface area contributed by atoms with Gasteiger partial charge in [-0.2, -0.15) is 18.4 Å². The average Bonchev–Trinajstić information content (AvgIpc) is 3.34. The van der Waals surface area contributed by atoms with E-state index in [0.717, 1.165) is 11.6 Å². The Bertz CT molecular complexity index is 1300. The zero-order valence-electron chi connectivity index (χ0n) is 21.8. The quantitative estimate of drug-likeness (QED) is 0.335. The van der Waals surface area contributed by atoms with Gasteiger partial charge in [0.05, 0.1) is 29.9 Å². The first-order valence-corrected chi connectivity index (χ1v) is 13.0. The molecule has 0 aliphatic carbocycles. The van der Waals surface area contributed by atoms with Gasteiger partial charge in [0.2, 0.25) is 5.91 Å². The van der Waals surface area contributed by atoms with E-state index in [0.29, 0.717) is 35.9 Å². The minimum atomic E-state index is -4.48. The maximum atomic E-state index is 13.6. The maximum Gasteiger partial charge on any atom is 0.416 e. The second-order valence-corrected chi connectivity index (χ2v) is 9.43. The number of carbonyl (C=O) groups excluding carboxylic acids is 1. The molecule has 1 unspecified atom stereocenters. The monoisotopic (exact) mass is 556 g/mol. The summed E-state index contributed by atoms with van der Waals surface area (Å²) >= 11 is 5.47. The topological polar surface area (TPSA) is 86.0 Å². The molecule has 1 amide bonds. The molecule has 206 valence electrons. The molecule has 11 heteroatoms. The van der Waals surface area contributed by atoms with Crippen molar-refractivity contribution in [2.75, 3.05) is 13.1 Å². The number of imidazole rings is 1. The van der Waals surface area contributed by atoms with Crippen molar-refractivity contribution >= 4 is 23.2 Å². The molecule has 0 aliphatic heterocycles. The van der Waals surface area contributed by atoms with Gasteiger partial charge < -0.3 is 20.1 Å². The molecule has 0 spiro atoms. The summed E-state index contributed by atoms with van der Waals surface area (Å²) in [4.78, 5) is 18.8. The van der Waals surface area contributed by atoms with Gasteiger partial charge in [0.15, 0.2) is 5.11 Å². The fourth-order valence-electron chi connectivity index (χ4n) is 4.13. The number of hydrogen-bond donors (Lipinski definition) is 2. The molecule has 1 aromatic heterocycles. The van der Waals surface area contributed by atoms with Crippen LogP contribution in [-0.4, -0.2) is 44.6 Å². The fourth-order valence-corrected chi connectivity index (χ4v) is 4.41. The molecule has 0 radical (unpaired) electrons. The van der Waals surface area contributed by atoms with Gasteiger partial charge in [-0.25, -0.2) is 4.98 Å². The number of carbonyl (C=O) groups is 1. The van der Waals surface area contributed by atoms with Crippen LogP contribution in [0.25, 0.3) is 0 Å². The van der Waals surface area contributed by atoms with Crippen LogP contribution in [0.3, 0.4) is 0 Å². The number of benzene rings is 2. The third kappa shape index (κ3) is 8.55. The highest BCUT2D eigenvalue weighted by Crippen LogP contribution is 2.32. The van der Waals surface area contributed by atoms with E-state index in [9.17, 15) is 18.0 Å². The molecular formula is C28H31F3N6OS. The SMILES string of the molecule is CCNC(=S)N(Cc1ccccc1C(F)(F)F)CC(CC)NC(=O)Cc1cncn1Cc1ccc(C#N)cc1. The molecule has 39 heavy (non-hydrogen) atoms. The van der Waals surface area contributed by atoms with Crippen molar-refractivity contribution < 1.29 is 18.0 Å². The van der Waals surface area contributed by atoms with Gasteiger partial charge in [-0.15, -0.1) is 0 Å². The Hall–Kier alpha value is -3.91. The van der Waals surface area contributed by atoms with E-state index in [2.05, 4.69) is 21.7 Å². The largest absolute Gasteiger partial charge is 0.416 e. The molecule has 3 aromatic rings. The molecule has 0 fully saturated rings. The number of nitrogens with one attached hydrogen (secondary N) is 2. The lowest BCUT2D eigenvalue weighted by Crippen LogP contribution is -2.48. The van der Waals surface area contributed by atoms with E-state index in [1.165, 1.54) is 12.1 Å². The van der Waals surface area contributed by atoms with E-state index < -0.39 is 11.7 Å². The van der Waals surface area contributed by atoms with Crippen LogP contribution < -0.4 is 10.6 Å². The summed E-state index contributed by atoms with van der Waals surface area (Å²) in [6, 6.07) is 14.4. The fraction of sp³-hybridized carbons (Fsp3) is 0.357. The number of aromatic nitrogens is 2. The summed E-state index contributed by atoms with van der Waals surface area (Å²) in [6.45, 7) is 4.96. The highest BCUT2D eigenvalue weighted by molar-refractivity contribution is 7.80. The lowest BCUT2D eigenvalue weighted by molar-refractivity contribution is -0.138. The number of rotatable bonds is 11. The van der Waals surface area contributed by atoms with Crippen LogP contribution in [0.2, 0.25) is 0 Å². The molecule has 2 N–H and O–H groups in total. The van der Waals surface area contributed by atoms with Crippen LogP contribution in [-0.2, 0) is 30.5 Å². The second-order valence-electron chi connectivity index (χ2n) is 9.04. The summed E-state index contributed by atoms with van der Waals surface area (Å²) in [6.07, 6.45) is -0.567. The molecule has 0 bridgehead atoms. The van der Waals surface area contributed by atoms with Crippen molar-refractivity contribution in [1.29, 1.82) is 5.26 Å². The Labute approximate surface area is 231 Å². The van der Waals surface area contributed by atoms with Crippen molar-refractivity contribution in [2.24, 2.45) is 0 Å². The van der Waals surface area contributed by atoms with Crippen molar-refractivity contribution in [2.45, 2.75) is 52.0 Å². The smallest absolute Gasteiger partial charge is 0.363 e. The highest BCUT2D eigenvalue weighted by atomic mass is 32.1. The zero-order chi connectivity index (χ0) is 28.4. The molecule has 1 heterocycles. The molecule has 7 nitrogen and oxygen atoms in total. The highest BCUT2D eigenvalue weighted by Gasteiger charge is 2.33. The van der Waals surface area contributed by atoms with Crippen molar-refractivity contribution in [3.05, 3.63) is 89.0 Å². The summed E-state index contributed by atoms with van der Waals surface area (Å²) < 4.78 is 42.6. The van der Waals surface area contributed by atoms with Gasteiger partial charge in [-0.3, -0.25) is 4.79 Å². The lowest BCUT2D eigenvalue weighted by Gasteiger charge is -2.31. The Balaban J connectivity index is 1.68. The Morgan fingerprint density at radius 3 is 2.54 bits per heavy atom. The lowest BCUT2D eigenvalue weighted by atomic mass is 10.1. The third-order valence-corrected chi connectivity index (χ3v) is 6.58. The van der Waals surface area contributed by atoms with Gasteiger partial charge in [-0.1, -0.05) is 37.3 Å². The Kier molecular flexibility index (Phi) is 10.5. The average molecular weight is 557 g/mol. The number of amides is 1. The van der Waals surface area contributed by atoms with E-state index in [1.807, 2.05) is 30.5 Å². The summed E-state index contributed by atoms with van der Waals surface area (Å²) in [5.74, 6) is -0.228. The number of halogens is 3. The molecule has 0 saturated heterocycles. The predicted molar refractivity (Wildman–Crippen MR) is 147 cm³/mol. The molecule has 1 atom stereocenters. The number of nitriles is 1. The molecular weight excluding hydrogens is 525 g/mol. The first-order chi connectivity index (χ1) is 18.6. The standard InChI is InChI=1S/C28H31F3N6OS/c1-3-23(18-36(27(39)34-4-2)17-22-7-5-6-8-25(22)28(29,30)31)35-26(38)13-24-15-33-19-37(24)16-21-11-9-20(14-32)10-12-21/h5-12,15,19,23H,3-4,13,16-18H2,1-2H3,(H,34,39)(H,35,38). The predicted octanol–water partition coefficient (Wildman–Crippen LogP) is 4.66. The van der Waals surface area contributed by atoms with Gasteiger partial charge in [0.1, 0.15) is 0 Å². The van der Waals surface area contributed by atoms with E-state index in [1.54, 1.807) is 35.6 Å². The summed E-state index contributed by atoms with van der Waals surface area (Å²) in [7, 11) is 0. The van der Waals surface area contributed by atoms with Crippen molar-refractivity contribution in [3.8, 4) is 6.07 Å². The van der Waals surface area contributed by atoms with E-state index >= 15 is 0 Å². The Morgan fingerprint density at radius 2 is 1.90 bits per heavy atom. The first-order valence-electron chi connectivity index (χ1n) is 12.6. The molecule has 3 rings (SSSR count). The summed E-state index contributed by atoms with van der Waals surface area (Å²) in [5.41, 5.74) is 1.65. The number of thiocarbonyl (C=S) groups is 1. The van der Waals surface area contributed by atoms with Gasteiger partial charge in [0.25, 0.3) is 0 Å². The number of hydrogen-bond acceptors (Lipinski definition) is 4. The van der Waals surface area contributed by atoms with E-state index in [-0.39, 0.29) is 37.0 Å². The zero-order valence-corrected chi connectivity index (χ0v) is 22.6. The van der Waals surface area contributed by atoms with Gasteiger partial charge in [0, 0.05) is 44.1 Å². The third-order valence-electron chi connectivity index (χ3n) is 6.17.